The van der Waals surface area contributed by atoms with Gasteiger partial charge in [-0.3, -0.25) is 0 Å². The smallest absolute Gasteiger partial charge is 0.337 e. The standard InChI is InChI=1S/C16H21ClN2O3/c1-16(2,3)22-8-7-19-13-9-11(15(20)21-4)5-6-12(13)18-14(19)10-17/h5-6,9H,7-8,10H2,1-4H3. The van der Waals surface area contributed by atoms with E-state index in [9.17, 15) is 4.79 Å². The fraction of sp³-hybridized carbons (Fsp3) is 0.500. The van der Waals surface area contributed by atoms with Crippen LogP contribution in [-0.4, -0.2) is 34.8 Å². The third kappa shape index (κ3) is 3.78. The number of imidazole rings is 1. The first-order valence-electron chi connectivity index (χ1n) is 7.13. The van der Waals surface area contributed by atoms with Gasteiger partial charge in [0, 0.05) is 6.54 Å². The van der Waals surface area contributed by atoms with Crippen LogP contribution in [0.1, 0.15) is 37.0 Å². The van der Waals surface area contributed by atoms with Crippen LogP contribution in [0.4, 0.5) is 0 Å². The lowest BCUT2D eigenvalue weighted by Crippen LogP contribution is -2.22. The highest BCUT2D eigenvalue weighted by Crippen LogP contribution is 2.20. The fourth-order valence-corrected chi connectivity index (χ4v) is 2.42. The molecule has 0 spiro atoms. The first-order valence-corrected chi connectivity index (χ1v) is 7.66. The summed E-state index contributed by atoms with van der Waals surface area (Å²) in [6.45, 7) is 7.20. The summed E-state index contributed by atoms with van der Waals surface area (Å²) in [5, 5.41) is 0. The zero-order chi connectivity index (χ0) is 16.3. The maximum atomic E-state index is 11.7. The van der Waals surface area contributed by atoms with Gasteiger partial charge in [-0.2, -0.15) is 0 Å². The number of benzene rings is 1. The van der Waals surface area contributed by atoms with Crippen LogP contribution in [-0.2, 0) is 21.9 Å². The Balaban J connectivity index is 2.34. The average molecular weight is 325 g/mol. The van der Waals surface area contributed by atoms with E-state index in [0.717, 1.165) is 16.9 Å². The highest BCUT2D eigenvalue weighted by molar-refractivity contribution is 6.16. The van der Waals surface area contributed by atoms with Gasteiger partial charge in [-0.25, -0.2) is 9.78 Å². The van der Waals surface area contributed by atoms with Crippen molar-refractivity contribution < 1.29 is 14.3 Å². The molecule has 0 aliphatic carbocycles. The van der Waals surface area contributed by atoms with E-state index in [1.54, 1.807) is 18.2 Å². The van der Waals surface area contributed by atoms with Gasteiger partial charge in [-0.15, -0.1) is 11.6 Å². The summed E-state index contributed by atoms with van der Waals surface area (Å²) in [7, 11) is 1.37. The van der Waals surface area contributed by atoms with Crippen molar-refractivity contribution in [3.05, 3.63) is 29.6 Å². The fourth-order valence-electron chi connectivity index (χ4n) is 2.21. The summed E-state index contributed by atoms with van der Waals surface area (Å²) in [4.78, 5) is 16.2. The highest BCUT2D eigenvalue weighted by Gasteiger charge is 2.15. The van der Waals surface area contributed by atoms with Crippen LogP contribution >= 0.6 is 11.6 Å². The number of carbonyl (C=O) groups excluding carboxylic acids is 1. The number of fused-ring (bicyclic) bond motifs is 1. The summed E-state index contributed by atoms with van der Waals surface area (Å²) in [5.41, 5.74) is 1.96. The molecule has 0 aliphatic rings. The van der Waals surface area contributed by atoms with Gasteiger partial charge in [-0.1, -0.05) is 0 Å². The monoisotopic (exact) mass is 324 g/mol. The predicted molar refractivity (Wildman–Crippen MR) is 86.3 cm³/mol. The maximum Gasteiger partial charge on any atom is 0.337 e. The van der Waals surface area contributed by atoms with E-state index in [2.05, 4.69) is 4.98 Å². The number of rotatable bonds is 5. The predicted octanol–water partition coefficient (Wildman–Crippen LogP) is 3.38. The highest BCUT2D eigenvalue weighted by atomic mass is 35.5. The van der Waals surface area contributed by atoms with E-state index in [1.807, 2.05) is 25.3 Å². The first-order chi connectivity index (χ1) is 10.4. The summed E-state index contributed by atoms with van der Waals surface area (Å²) in [6.07, 6.45) is 0. The Morgan fingerprint density at radius 3 is 2.68 bits per heavy atom. The van der Waals surface area contributed by atoms with Gasteiger partial charge in [0.25, 0.3) is 0 Å². The Labute approximate surface area is 135 Å². The van der Waals surface area contributed by atoms with Crippen molar-refractivity contribution >= 4 is 28.6 Å². The molecule has 1 heterocycles. The quantitative estimate of drug-likeness (QED) is 0.625. The number of carbonyl (C=O) groups is 1. The summed E-state index contributed by atoms with van der Waals surface area (Å²) >= 11 is 5.99. The number of hydrogen-bond donors (Lipinski definition) is 0. The van der Waals surface area contributed by atoms with E-state index < -0.39 is 0 Å². The van der Waals surface area contributed by atoms with Crippen LogP contribution in [0, 0.1) is 0 Å². The topological polar surface area (TPSA) is 53.3 Å². The number of hydrogen-bond acceptors (Lipinski definition) is 4. The minimum absolute atomic E-state index is 0.200. The molecular weight excluding hydrogens is 304 g/mol. The van der Waals surface area contributed by atoms with Crippen molar-refractivity contribution in [3.63, 3.8) is 0 Å². The third-order valence-corrected chi connectivity index (χ3v) is 3.46. The van der Waals surface area contributed by atoms with E-state index in [4.69, 9.17) is 21.1 Å². The second-order valence-corrected chi connectivity index (χ2v) is 6.24. The second kappa shape index (κ2) is 6.67. The molecule has 0 unspecified atom stereocenters. The van der Waals surface area contributed by atoms with Crippen molar-refractivity contribution in [2.75, 3.05) is 13.7 Å². The van der Waals surface area contributed by atoms with Gasteiger partial charge in [0.1, 0.15) is 5.82 Å². The molecule has 2 rings (SSSR count). The molecule has 2 aromatic rings. The number of ether oxygens (including phenoxy) is 2. The Kier molecular flexibility index (Phi) is 5.08. The molecule has 5 nitrogen and oxygen atoms in total. The minimum atomic E-state index is -0.368. The maximum absolute atomic E-state index is 11.7. The van der Waals surface area contributed by atoms with Gasteiger partial charge in [0.15, 0.2) is 0 Å². The SMILES string of the molecule is COC(=O)c1ccc2nc(CCl)n(CCOC(C)(C)C)c2c1. The number of halogens is 1. The Bertz CT molecular complexity index is 674. The summed E-state index contributed by atoms with van der Waals surface area (Å²) < 4.78 is 12.5. The molecule has 0 atom stereocenters. The van der Waals surface area contributed by atoms with E-state index in [-0.39, 0.29) is 11.6 Å². The number of methoxy groups -OCH3 is 1. The van der Waals surface area contributed by atoms with Crippen molar-refractivity contribution in [3.8, 4) is 0 Å². The van der Waals surface area contributed by atoms with Crippen LogP contribution in [0.3, 0.4) is 0 Å². The molecule has 1 aromatic heterocycles. The normalized spacial score (nSPS) is 11.9. The molecule has 120 valence electrons. The molecule has 1 aromatic carbocycles. The van der Waals surface area contributed by atoms with E-state index >= 15 is 0 Å². The molecule has 22 heavy (non-hydrogen) atoms. The molecule has 6 heteroatoms. The van der Waals surface area contributed by atoms with Crippen LogP contribution in [0.15, 0.2) is 18.2 Å². The second-order valence-electron chi connectivity index (χ2n) is 5.97. The molecule has 0 saturated heterocycles. The molecule has 0 amide bonds. The van der Waals surface area contributed by atoms with Crippen molar-refractivity contribution in [1.29, 1.82) is 0 Å². The van der Waals surface area contributed by atoms with Gasteiger partial charge in [0.2, 0.25) is 0 Å². The lowest BCUT2D eigenvalue weighted by molar-refractivity contribution is -0.00668. The molecule has 0 bridgehead atoms. The number of alkyl halides is 1. The number of nitrogens with zero attached hydrogens (tertiary/aromatic N) is 2. The molecule has 0 saturated carbocycles. The van der Waals surface area contributed by atoms with Crippen molar-refractivity contribution in [2.24, 2.45) is 0 Å². The van der Waals surface area contributed by atoms with Crippen LogP contribution in [0.2, 0.25) is 0 Å². The molecule has 0 fully saturated rings. The Hall–Kier alpha value is -1.59. The molecule has 0 aliphatic heterocycles. The molecule has 0 radical (unpaired) electrons. The Morgan fingerprint density at radius 1 is 1.36 bits per heavy atom. The summed E-state index contributed by atoms with van der Waals surface area (Å²) in [6, 6.07) is 5.29. The van der Waals surface area contributed by atoms with Gasteiger partial charge in [0.05, 0.1) is 41.8 Å². The number of aromatic nitrogens is 2. The Morgan fingerprint density at radius 2 is 2.09 bits per heavy atom. The van der Waals surface area contributed by atoms with E-state index in [1.165, 1.54) is 7.11 Å². The largest absolute Gasteiger partial charge is 0.465 e. The van der Waals surface area contributed by atoms with Gasteiger partial charge < -0.3 is 14.0 Å². The lowest BCUT2D eigenvalue weighted by Gasteiger charge is -2.20. The lowest BCUT2D eigenvalue weighted by atomic mass is 10.2. The van der Waals surface area contributed by atoms with Crippen LogP contribution in [0.5, 0.6) is 0 Å². The van der Waals surface area contributed by atoms with Crippen LogP contribution < -0.4 is 0 Å². The van der Waals surface area contributed by atoms with Crippen molar-refractivity contribution in [2.45, 2.75) is 38.8 Å². The molecule has 0 N–H and O–H groups in total. The van der Waals surface area contributed by atoms with Gasteiger partial charge in [-0.05, 0) is 39.0 Å². The zero-order valence-corrected chi connectivity index (χ0v) is 14.1. The van der Waals surface area contributed by atoms with Gasteiger partial charge >= 0.3 is 5.97 Å². The number of esters is 1. The minimum Gasteiger partial charge on any atom is -0.465 e. The van der Waals surface area contributed by atoms with E-state index in [0.29, 0.717) is 24.6 Å². The summed E-state index contributed by atoms with van der Waals surface area (Å²) in [5.74, 6) is 0.696. The first kappa shape index (κ1) is 16.8. The average Bonchev–Trinajstić information content (AvgIpc) is 2.82. The van der Waals surface area contributed by atoms with Crippen molar-refractivity contribution in [1.82, 2.24) is 9.55 Å². The van der Waals surface area contributed by atoms with Crippen LogP contribution in [0.25, 0.3) is 11.0 Å². The third-order valence-electron chi connectivity index (χ3n) is 3.22. The molecular formula is C16H21ClN2O3. The zero-order valence-electron chi connectivity index (χ0n) is 13.4.